The highest BCUT2D eigenvalue weighted by Gasteiger charge is 2.13. The molecule has 2 aromatic rings. The van der Waals surface area contributed by atoms with Gasteiger partial charge in [0.2, 0.25) is 0 Å². The number of benzene rings is 1. The highest BCUT2D eigenvalue weighted by Crippen LogP contribution is 2.27. The molecule has 0 radical (unpaired) electrons. The molecule has 0 bridgehead atoms. The van der Waals surface area contributed by atoms with Crippen molar-refractivity contribution in [1.29, 1.82) is 0 Å². The van der Waals surface area contributed by atoms with Gasteiger partial charge in [0.25, 0.3) is 0 Å². The van der Waals surface area contributed by atoms with Crippen LogP contribution in [0.2, 0.25) is 0 Å². The topological polar surface area (TPSA) is 17.8 Å². The van der Waals surface area contributed by atoms with Gasteiger partial charge in [-0.2, -0.15) is 0 Å². The molecule has 2 rings (SSSR count). The van der Waals surface area contributed by atoms with Crippen LogP contribution in [0.15, 0.2) is 30.6 Å². The quantitative estimate of drug-likeness (QED) is 0.748. The molecular weight excluding hydrogens is 196 g/mol. The number of imidazole rings is 1. The first-order valence-electron chi connectivity index (χ1n) is 5.68. The molecule has 2 heteroatoms. The second kappa shape index (κ2) is 4.12. The molecule has 0 N–H and O–H groups in total. The molecule has 1 aromatic heterocycles. The number of hydrogen-bond donors (Lipinski definition) is 0. The minimum absolute atomic E-state index is 0.456. The molecule has 0 aliphatic rings. The van der Waals surface area contributed by atoms with Gasteiger partial charge in [0.1, 0.15) is 0 Å². The summed E-state index contributed by atoms with van der Waals surface area (Å²) < 4.78 is 2.10. The third-order valence-corrected chi connectivity index (χ3v) is 2.84. The molecule has 0 saturated carbocycles. The first-order valence-corrected chi connectivity index (χ1v) is 5.68. The van der Waals surface area contributed by atoms with E-state index in [1.54, 1.807) is 0 Å². The average Bonchev–Trinajstić information content (AvgIpc) is 2.62. The summed E-state index contributed by atoms with van der Waals surface area (Å²) in [6.45, 7) is 6.47. The van der Waals surface area contributed by atoms with Crippen LogP contribution in [0.4, 0.5) is 0 Å². The van der Waals surface area contributed by atoms with Gasteiger partial charge >= 0.3 is 0 Å². The van der Waals surface area contributed by atoms with E-state index in [1.165, 1.54) is 22.5 Å². The van der Waals surface area contributed by atoms with E-state index >= 15 is 0 Å². The van der Waals surface area contributed by atoms with E-state index in [0.29, 0.717) is 5.92 Å². The first kappa shape index (κ1) is 10.9. The maximum Gasteiger partial charge on any atom is 0.0951 e. The van der Waals surface area contributed by atoms with Crippen LogP contribution in [0.5, 0.6) is 0 Å². The Bertz CT molecular complexity index is 478. The third kappa shape index (κ3) is 1.87. The zero-order valence-corrected chi connectivity index (χ0v) is 10.4. The number of rotatable bonds is 2. The minimum atomic E-state index is 0.456. The van der Waals surface area contributed by atoms with E-state index < -0.39 is 0 Å². The molecule has 0 fully saturated rings. The van der Waals surface area contributed by atoms with Crippen molar-refractivity contribution in [3.63, 3.8) is 0 Å². The molecule has 1 heterocycles. The molecule has 0 aliphatic carbocycles. The Morgan fingerprint density at radius 3 is 2.31 bits per heavy atom. The van der Waals surface area contributed by atoms with Gasteiger partial charge in [-0.05, 0) is 12.8 Å². The third-order valence-electron chi connectivity index (χ3n) is 2.84. The van der Waals surface area contributed by atoms with Crippen LogP contribution < -0.4 is 0 Å². The number of aryl methyl sites for hydroxylation is 2. The number of nitrogens with zero attached hydrogens (tertiary/aromatic N) is 2. The fourth-order valence-corrected chi connectivity index (χ4v) is 1.93. The molecule has 0 spiro atoms. The Morgan fingerprint density at radius 1 is 1.12 bits per heavy atom. The lowest BCUT2D eigenvalue weighted by Gasteiger charge is -2.09. The number of aromatic nitrogens is 2. The Morgan fingerprint density at radius 2 is 1.75 bits per heavy atom. The SMILES string of the molecule is Cc1ccc(-c2c(C(C)C)ncn2C)cc1. The van der Waals surface area contributed by atoms with Crippen molar-refractivity contribution in [2.24, 2.45) is 7.05 Å². The lowest BCUT2D eigenvalue weighted by atomic mass is 10.0. The summed E-state index contributed by atoms with van der Waals surface area (Å²) in [5, 5.41) is 0. The van der Waals surface area contributed by atoms with Crippen LogP contribution in [0.25, 0.3) is 11.3 Å². The summed E-state index contributed by atoms with van der Waals surface area (Å²) in [7, 11) is 2.05. The summed E-state index contributed by atoms with van der Waals surface area (Å²) in [6.07, 6.45) is 1.89. The number of hydrogen-bond acceptors (Lipinski definition) is 1. The van der Waals surface area contributed by atoms with E-state index in [-0.39, 0.29) is 0 Å². The van der Waals surface area contributed by atoms with Gasteiger partial charge in [-0.3, -0.25) is 0 Å². The fourth-order valence-electron chi connectivity index (χ4n) is 1.93. The Balaban J connectivity index is 2.54. The Kier molecular flexibility index (Phi) is 2.82. The zero-order valence-electron chi connectivity index (χ0n) is 10.4. The standard InChI is InChI=1S/C14H18N2/c1-10(2)13-14(16(4)9-15-13)12-7-5-11(3)6-8-12/h5-10H,1-4H3. The summed E-state index contributed by atoms with van der Waals surface area (Å²) in [6, 6.07) is 8.62. The van der Waals surface area contributed by atoms with Gasteiger partial charge in [-0.15, -0.1) is 0 Å². The normalized spacial score (nSPS) is 11.1. The lowest BCUT2D eigenvalue weighted by Crippen LogP contribution is -1.95. The van der Waals surface area contributed by atoms with Crippen molar-refractivity contribution in [3.8, 4) is 11.3 Å². The van der Waals surface area contributed by atoms with Crippen molar-refractivity contribution in [2.75, 3.05) is 0 Å². The predicted molar refractivity (Wildman–Crippen MR) is 67.5 cm³/mol. The van der Waals surface area contributed by atoms with E-state index in [2.05, 4.69) is 54.6 Å². The Hall–Kier alpha value is -1.57. The van der Waals surface area contributed by atoms with Gasteiger partial charge in [0.15, 0.2) is 0 Å². The van der Waals surface area contributed by atoms with Crippen LogP contribution in [0.1, 0.15) is 31.0 Å². The summed E-state index contributed by atoms with van der Waals surface area (Å²) in [5.41, 5.74) is 4.94. The van der Waals surface area contributed by atoms with Crippen molar-refractivity contribution < 1.29 is 0 Å². The highest BCUT2D eigenvalue weighted by molar-refractivity contribution is 5.63. The molecular formula is C14H18N2. The van der Waals surface area contributed by atoms with Gasteiger partial charge < -0.3 is 4.57 Å². The van der Waals surface area contributed by atoms with E-state index in [1.807, 2.05) is 13.4 Å². The monoisotopic (exact) mass is 214 g/mol. The summed E-state index contributed by atoms with van der Waals surface area (Å²) in [5.74, 6) is 0.456. The smallest absolute Gasteiger partial charge is 0.0951 e. The van der Waals surface area contributed by atoms with E-state index in [9.17, 15) is 0 Å². The molecule has 1 aromatic carbocycles. The molecule has 0 amide bonds. The van der Waals surface area contributed by atoms with Gasteiger partial charge in [0.05, 0.1) is 17.7 Å². The van der Waals surface area contributed by atoms with E-state index in [4.69, 9.17) is 0 Å². The minimum Gasteiger partial charge on any atom is -0.334 e. The maximum absolute atomic E-state index is 4.48. The largest absolute Gasteiger partial charge is 0.334 e. The molecule has 0 aliphatic heterocycles. The van der Waals surface area contributed by atoms with Gasteiger partial charge in [0, 0.05) is 12.6 Å². The maximum atomic E-state index is 4.48. The molecule has 16 heavy (non-hydrogen) atoms. The first-order chi connectivity index (χ1) is 7.59. The Labute approximate surface area is 97.0 Å². The highest BCUT2D eigenvalue weighted by atomic mass is 15.0. The van der Waals surface area contributed by atoms with Crippen LogP contribution in [0, 0.1) is 6.92 Å². The molecule has 84 valence electrons. The van der Waals surface area contributed by atoms with Crippen molar-refractivity contribution in [3.05, 3.63) is 41.9 Å². The second-order valence-electron chi connectivity index (χ2n) is 4.61. The van der Waals surface area contributed by atoms with Gasteiger partial charge in [-0.25, -0.2) is 4.98 Å². The lowest BCUT2D eigenvalue weighted by molar-refractivity contribution is 0.833. The van der Waals surface area contributed by atoms with Crippen molar-refractivity contribution in [2.45, 2.75) is 26.7 Å². The average molecular weight is 214 g/mol. The predicted octanol–water partition coefficient (Wildman–Crippen LogP) is 3.52. The second-order valence-corrected chi connectivity index (χ2v) is 4.61. The molecule has 0 unspecified atom stereocenters. The molecule has 0 saturated heterocycles. The van der Waals surface area contributed by atoms with Crippen molar-refractivity contribution >= 4 is 0 Å². The molecule has 0 atom stereocenters. The molecule has 2 nitrogen and oxygen atoms in total. The van der Waals surface area contributed by atoms with Crippen molar-refractivity contribution in [1.82, 2.24) is 9.55 Å². The van der Waals surface area contributed by atoms with E-state index in [0.717, 1.165) is 0 Å². The van der Waals surface area contributed by atoms with Crippen LogP contribution >= 0.6 is 0 Å². The van der Waals surface area contributed by atoms with Crippen LogP contribution in [0.3, 0.4) is 0 Å². The summed E-state index contributed by atoms with van der Waals surface area (Å²) in [4.78, 5) is 4.48. The zero-order chi connectivity index (χ0) is 11.7. The van der Waals surface area contributed by atoms with Gasteiger partial charge in [-0.1, -0.05) is 43.7 Å². The van der Waals surface area contributed by atoms with Crippen LogP contribution in [-0.2, 0) is 7.05 Å². The fraction of sp³-hybridized carbons (Fsp3) is 0.357. The summed E-state index contributed by atoms with van der Waals surface area (Å²) >= 11 is 0. The van der Waals surface area contributed by atoms with Crippen LogP contribution in [-0.4, -0.2) is 9.55 Å².